The number of phenols is 1. The average molecular weight is 322 g/mol. The van der Waals surface area contributed by atoms with Crippen LogP contribution in [0.15, 0.2) is 23.3 Å². The molecule has 8 nitrogen and oxygen atoms in total. The van der Waals surface area contributed by atoms with E-state index in [1.807, 2.05) is 0 Å². The van der Waals surface area contributed by atoms with Crippen molar-refractivity contribution < 1.29 is 24.4 Å². The first-order chi connectivity index (χ1) is 10.7. The van der Waals surface area contributed by atoms with Crippen LogP contribution in [0.5, 0.6) is 11.5 Å². The fourth-order valence-electron chi connectivity index (χ4n) is 1.69. The van der Waals surface area contributed by atoms with Crippen molar-refractivity contribution >= 4 is 16.9 Å². The van der Waals surface area contributed by atoms with Crippen molar-refractivity contribution in [3.63, 3.8) is 0 Å². The second-order valence-electron chi connectivity index (χ2n) is 5.93. The standard InChI is InChI=1S/C15H18N2O6/c1-15(2,3)14(20)23-22-8-17-7-16-10-6-11(18)12(21-4)5-9(10)13(17)19/h5-7,18H,8H2,1-4H3. The van der Waals surface area contributed by atoms with Gasteiger partial charge in [0.1, 0.15) is 6.33 Å². The number of hydrogen-bond acceptors (Lipinski definition) is 7. The molecular weight excluding hydrogens is 304 g/mol. The zero-order chi connectivity index (χ0) is 17.2. The first-order valence-electron chi connectivity index (χ1n) is 6.84. The van der Waals surface area contributed by atoms with Gasteiger partial charge in [-0.25, -0.2) is 9.78 Å². The molecule has 0 amide bonds. The van der Waals surface area contributed by atoms with E-state index in [0.717, 1.165) is 4.57 Å². The third kappa shape index (κ3) is 3.59. The maximum atomic E-state index is 12.3. The van der Waals surface area contributed by atoms with Crippen molar-refractivity contribution in [1.29, 1.82) is 0 Å². The normalized spacial score (nSPS) is 11.5. The van der Waals surface area contributed by atoms with Gasteiger partial charge >= 0.3 is 5.97 Å². The Bertz CT molecular complexity index is 791. The molecule has 8 heteroatoms. The van der Waals surface area contributed by atoms with E-state index in [1.165, 1.54) is 25.6 Å². The van der Waals surface area contributed by atoms with Crippen LogP contribution in [0.1, 0.15) is 20.8 Å². The summed E-state index contributed by atoms with van der Waals surface area (Å²) in [6.07, 6.45) is 1.24. The Labute approximate surface area is 132 Å². The minimum atomic E-state index is -0.711. The molecule has 0 spiro atoms. The predicted molar refractivity (Wildman–Crippen MR) is 80.9 cm³/mol. The molecule has 0 atom stereocenters. The molecule has 0 unspecified atom stereocenters. The largest absolute Gasteiger partial charge is 0.504 e. The van der Waals surface area contributed by atoms with E-state index in [1.54, 1.807) is 20.8 Å². The van der Waals surface area contributed by atoms with Crippen molar-refractivity contribution in [2.45, 2.75) is 27.5 Å². The van der Waals surface area contributed by atoms with Gasteiger partial charge in [0, 0.05) is 6.07 Å². The molecular formula is C15H18N2O6. The van der Waals surface area contributed by atoms with Crippen LogP contribution in [0.3, 0.4) is 0 Å². The van der Waals surface area contributed by atoms with Gasteiger partial charge in [-0.1, -0.05) is 0 Å². The molecule has 0 aliphatic carbocycles. The van der Waals surface area contributed by atoms with Gasteiger partial charge in [0.15, 0.2) is 18.2 Å². The molecule has 0 fully saturated rings. The molecule has 1 aromatic heterocycles. The first-order valence-corrected chi connectivity index (χ1v) is 6.84. The number of benzene rings is 1. The number of carbonyl (C=O) groups excluding carboxylic acids is 1. The van der Waals surface area contributed by atoms with E-state index >= 15 is 0 Å². The number of phenolic OH excluding ortho intramolecular Hbond substituents is 1. The lowest BCUT2D eigenvalue weighted by atomic mass is 9.98. The van der Waals surface area contributed by atoms with Gasteiger partial charge < -0.3 is 9.84 Å². The Morgan fingerprint density at radius 2 is 2.04 bits per heavy atom. The van der Waals surface area contributed by atoms with Gasteiger partial charge in [-0.2, -0.15) is 4.89 Å². The fraction of sp³-hybridized carbons (Fsp3) is 0.400. The van der Waals surface area contributed by atoms with Gasteiger partial charge in [0.2, 0.25) is 0 Å². The zero-order valence-corrected chi connectivity index (χ0v) is 13.3. The Balaban J connectivity index is 2.22. The Morgan fingerprint density at radius 1 is 1.35 bits per heavy atom. The molecule has 2 aromatic rings. The Morgan fingerprint density at radius 3 is 2.65 bits per heavy atom. The highest BCUT2D eigenvalue weighted by Crippen LogP contribution is 2.28. The third-order valence-electron chi connectivity index (χ3n) is 3.06. The van der Waals surface area contributed by atoms with Crippen LogP contribution in [0.4, 0.5) is 0 Å². The molecule has 0 bridgehead atoms. The summed E-state index contributed by atoms with van der Waals surface area (Å²) >= 11 is 0. The van der Waals surface area contributed by atoms with E-state index in [4.69, 9.17) is 9.62 Å². The lowest BCUT2D eigenvalue weighted by molar-refractivity contribution is -0.298. The number of fused-ring (bicyclic) bond motifs is 1. The summed E-state index contributed by atoms with van der Waals surface area (Å²) in [6, 6.07) is 2.72. The van der Waals surface area contributed by atoms with Crippen LogP contribution >= 0.6 is 0 Å². The summed E-state index contributed by atoms with van der Waals surface area (Å²) in [5, 5.41) is 9.93. The molecule has 23 heavy (non-hydrogen) atoms. The van der Waals surface area contributed by atoms with Gasteiger partial charge in [0.05, 0.1) is 23.4 Å². The molecule has 124 valence electrons. The highest BCUT2D eigenvalue weighted by molar-refractivity contribution is 5.81. The van der Waals surface area contributed by atoms with Crippen LogP contribution in [0.2, 0.25) is 0 Å². The maximum Gasteiger partial charge on any atom is 0.347 e. The van der Waals surface area contributed by atoms with E-state index < -0.39 is 16.9 Å². The van der Waals surface area contributed by atoms with Crippen molar-refractivity contribution in [3.8, 4) is 11.5 Å². The second-order valence-corrected chi connectivity index (χ2v) is 5.93. The molecule has 0 aliphatic heterocycles. The van der Waals surface area contributed by atoms with Crippen LogP contribution in [-0.2, 0) is 21.3 Å². The van der Waals surface area contributed by atoms with Crippen LogP contribution in [-0.4, -0.2) is 27.7 Å². The lowest BCUT2D eigenvalue weighted by Gasteiger charge is -2.15. The van der Waals surface area contributed by atoms with Crippen LogP contribution in [0, 0.1) is 5.41 Å². The number of nitrogens with zero attached hydrogens (tertiary/aromatic N) is 2. The highest BCUT2D eigenvalue weighted by atomic mass is 17.2. The molecule has 0 radical (unpaired) electrons. The first kappa shape index (κ1) is 16.8. The highest BCUT2D eigenvalue weighted by Gasteiger charge is 2.24. The molecule has 2 rings (SSSR count). The van der Waals surface area contributed by atoms with Gasteiger partial charge in [0.25, 0.3) is 5.56 Å². The minimum Gasteiger partial charge on any atom is -0.504 e. The van der Waals surface area contributed by atoms with Crippen molar-refractivity contribution in [1.82, 2.24) is 9.55 Å². The van der Waals surface area contributed by atoms with E-state index in [-0.39, 0.29) is 23.6 Å². The summed E-state index contributed by atoms with van der Waals surface area (Å²) in [5.74, 6) is -0.500. The smallest absolute Gasteiger partial charge is 0.347 e. The number of methoxy groups -OCH3 is 1. The fourth-order valence-corrected chi connectivity index (χ4v) is 1.69. The summed E-state index contributed by atoms with van der Waals surface area (Å²) in [6.45, 7) is 4.75. The quantitative estimate of drug-likeness (QED) is 0.674. The van der Waals surface area contributed by atoms with Gasteiger partial charge in [-0.15, -0.1) is 0 Å². The molecule has 0 saturated heterocycles. The summed E-state index contributed by atoms with van der Waals surface area (Å²) in [7, 11) is 1.38. The summed E-state index contributed by atoms with van der Waals surface area (Å²) in [4.78, 5) is 37.4. The third-order valence-corrected chi connectivity index (χ3v) is 3.06. The number of hydrogen-bond donors (Lipinski definition) is 1. The number of rotatable bonds is 4. The number of aromatic hydroxyl groups is 1. The lowest BCUT2D eigenvalue weighted by Crippen LogP contribution is -2.26. The van der Waals surface area contributed by atoms with E-state index in [9.17, 15) is 14.7 Å². The Hall–Kier alpha value is -2.61. The van der Waals surface area contributed by atoms with Crippen molar-refractivity contribution in [2.24, 2.45) is 5.41 Å². The van der Waals surface area contributed by atoms with Gasteiger partial charge in [-0.05, 0) is 26.8 Å². The number of carbonyl (C=O) groups is 1. The van der Waals surface area contributed by atoms with Crippen molar-refractivity contribution in [2.75, 3.05) is 7.11 Å². The number of ether oxygens (including phenoxy) is 1. The van der Waals surface area contributed by atoms with Crippen LogP contribution in [0.25, 0.3) is 10.9 Å². The maximum absolute atomic E-state index is 12.3. The molecule has 0 aliphatic rings. The molecule has 1 heterocycles. The number of aromatic nitrogens is 2. The van der Waals surface area contributed by atoms with Gasteiger partial charge in [-0.3, -0.25) is 14.2 Å². The molecule has 0 saturated carbocycles. The van der Waals surface area contributed by atoms with E-state index in [2.05, 4.69) is 9.87 Å². The Kier molecular flexibility index (Phi) is 4.55. The molecule has 1 aromatic carbocycles. The average Bonchev–Trinajstić information content (AvgIpc) is 2.48. The summed E-state index contributed by atoms with van der Waals surface area (Å²) in [5.41, 5.74) is -0.811. The molecule has 1 N–H and O–H groups in total. The zero-order valence-electron chi connectivity index (χ0n) is 13.3. The second kappa shape index (κ2) is 6.25. The topological polar surface area (TPSA) is 99.9 Å². The predicted octanol–water partition coefficient (Wildman–Crippen LogP) is 1.59. The van der Waals surface area contributed by atoms with Crippen LogP contribution < -0.4 is 10.3 Å². The van der Waals surface area contributed by atoms with E-state index in [0.29, 0.717) is 5.52 Å². The SMILES string of the molecule is COc1cc2c(=O)n(COOC(=O)C(C)(C)C)cnc2cc1O. The van der Waals surface area contributed by atoms with Crippen molar-refractivity contribution in [3.05, 3.63) is 28.8 Å². The summed E-state index contributed by atoms with van der Waals surface area (Å²) < 4.78 is 6.11. The monoisotopic (exact) mass is 322 g/mol. The minimum absolute atomic E-state index is 0.111.